The molecule has 3 nitrogen and oxygen atoms in total. The van der Waals surface area contributed by atoms with Crippen molar-refractivity contribution < 1.29 is 8.78 Å². The Hall–Kier alpha value is -3.12. The molecule has 0 radical (unpaired) electrons. The number of hydrogen-bond donors (Lipinski definition) is 2. The van der Waals surface area contributed by atoms with Gasteiger partial charge in [0.15, 0.2) is 0 Å². The summed E-state index contributed by atoms with van der Waals surface area (Å²) >= 11 is 1.20. The summed E-state index contributed by atoms with van der Waals surface area (Å²) in [6.45, 7) is 0. The van der Waals surface area contributed by atoms with E-state index in [1.807, 2.05) is 30.3 Å². The highest BCUT2D eigenvalue weighted by atomic mass is 32.2. The Labute approximate surface area is 159 Å². The molecule has 0 saturated heterocycles. The number of benzene rings is 2. The van der Waals surface area contributed by atoms with Gasteiger partial charge in [0.2, 0.25) is 0 Å². The predicted octanol–water partition coefficient (Wildman–Crippen LogP) is 6.14. The maximum atomic E-state index is 14.4. The molecule has 0 unspecified atom stereocenters. The first kappa shape index (κ1) is 17.3. The monoisotopic (exact) mass is 379 g/mol. The molecule has 2 N–H and O–H groups in total. The molecule has 0 atom stereocenters. The number of rotatable bonds is 5. The summed E-state index contributed by atoms with van der Waals surface area (Å²) in [6.07, 6.45) is 3.50. The number of pyridine rings is 1. The Morgan fingerprint density at radius 1 is 0.889 bits per heavy atom. The van der Waals surface area contributed by atoms with E-state index in [-0.39, 0.29) is 11.3 Å². The van der Waals surface area contributed by atoms with Crippen molar-refractivity contribution in [1.29, 1.82) is 0 Å². The number of anilines is 1. The van der Waals surface area contributed by atoms with Crippen molar-refractivity contribution >= 4 is 17.6 Å². The van der Waals surface area contributed by atoms with Gasteiger partial charge in [-0.2, -0.15) is 0 Å². The van der Waals surface area contributed by atoms with Crippen LogP contribution in [0.3, 0.4) is 0 Å². The fraction of sp³-hybridized carbons (Fsp3) is 0. The van der Waals surface area contributed by atoms with Gasteiger partial charge >= 0.3 is 0 Å². The topological polar surface area (TPSA) is 40.7 Å². The van der Waals surface area contributed by atoms with Gasteiger partial charge in [0.1, 0.15) is 11.6 Å². The molecule has 0 spiro atoms. The van der Waals surface area contributed by atoms with Crippen LogP contribution in [0.15, 0.2) is 84.0 Å². The third-order valence-corrected chi connectivity index (χ3v) is 4.81. The van der Waals surface area contributed by atoms with Crippen LogP contribution < -0.4 is 4.72 Å². The zero-order valence-electron chi connectivity index (χ0n) is 14.1. The highest BCUT2D eigenvalue weighted by Gasteiger charge is 2.12. The Bertz CT molecular complexity index is 1050. The van der Waals surface area contributed by atoms with Crippen molar-refractivity contribution in [3.8, 4) is 22.5 Å². The molecule has 0 aliphatic carbocycles. The third kappa shape index (κ3) is 3.85. The Kier molecular flexibility index (Phi) is 4.89. The molecule has 0 saturated carbocycles. The fourth-order valence-corrected chi connectivity index (χ4v) is 3.36. The van der Waals surface area contributed by atoms with Crippen LogP contribution in [-0.4, -0.2) is 9.97 Å². The van der Waals surface area contributed by atoms with E-state index in [0.29, 0.717) is 5.56 Å². The average Bonchev–Trinajstić information content (AvgIpc) is 3.19. The molecule has 4 rings (SSSR count). The minimum absolute atomic E-state index is 0.0952. The van der Waals surface area contributed by atoms with Crippen molar-refractivity contribution in [3.05, 3.63) is 90.8 Å². The SMILES string of the molecule is Fc1cc(-c2ccccc2)c(F)cc1NSc1c[nH]c(-c2ccccn2)c1. The minimum Gasteiger partial charge on any atom is -0.359 e. The van der Waals surface area contributed by atoms with Crippen LogP contribution >= 0.6 is 11.9 Å². The summed E-state index contributed by atoms with van der Waals surface area (Å²) in [7, 11) is 0. The first-order chi connectivity index (χ1) is 13.2. The maximum absolute atomic E-state index is 14.4. The van der Waals surface area contributed by atoms with Gasteiger partial charge in [0.25, 0.3) is 0 Å². The largest absolute Gasteiger partial charge is 0.359 e. The zero-order valence-corrected chi connectivity index (χ0v) is 14.9. The first-order valence-corrected chi connectivity index (χ1v) is 9.09. The average molecular weight is 379 g/mol. The van der Waals surface area contributed by atoms with Crippen molar-refractivity contribution in [3.63, 3.8) is 0 Å². The summed E-state index contributed by atoms with van der Waals surface area (Å²) in [5.41, 5.74) is 2.64. The van der Waals surface area contributed by atoms with E-state index in [2.05, 4.69) is 14.7 Å². The normalized spacial score (nSPS) is 10.7. The molecule has 0 amide bonds. The van der Waals surface area contributed by atoms with Crippen molar-refractivity contribution in [1.82, 2.24) is 9.97 Å². The number of H-pyrrole nitrogens is 1. The molecule has 2 heterocycles. The van der Waals surface area contributed by atoms with E-state index < -0.39 is 11.6 Å². The first-order valence-electron chi connectivity index (χ1n) is 8.28. The standard InChI is InChI=1S/C21H15F2N3S/c22-17-12-20(18(23)11-16(17)14-6-2-1-3-7-14)26-27-15-10-21(25-13-15)19-8-4-5-9-24-19/h1-13,25-26H. The lowest BCUT2D eigenvalue weighted by Crippen LogP contribution is -1.94. The Balaban J connectivity index is 1.51. The van der Waals surface area contributed by atoms with Crippen molar-refractivity contribution in [2.24, 2.45) is 0 Å². The fourth-order valence-electron chi connectivity index (χ4n) is 2.68. The lowest BCUT2D eigenvalue weighted by molar-refractivity contribution is 0.607. The quantitative estimate of drug-likeness (QED) is 0.409. The summed E-state index contributed by atoms with van der Waals surface area (Å²) in [4.78, 5) is 8.23. The van der Waals surface area contributed by atoms with E-state index in [1.54, 1.807) is 36.7 Å². The summed E-state index contributed by atoms with van der Waals surface area (Å²) in [5.74, 6) is -0.989. The van der Waals surface area contributed by atoms with Gasteiger partial charge in [-0.05, 0) is 41.8 Å². The van der Waals surface area contributed by atoms with E-state index in [4.69, 9.17) is 0 Å². The third-order valence-electron chi connectivity index (χ3n) is 4.02. The second-order valence-electron chi connectivity index (χ2n) is 5.85. The van der Waals surface area contributed by atoms with Gasteiger partial charge in [0.05, 0.1) is 17.1 Å². The summed E-state index contributed by atoms with van der Waals surface area (Å²) in [5, 5.41) is 0. The van der Waals surface area contributed by atoms with Gasteiger partial charge in [-0.1, -0.05) is 36.4 Å². The van der Waals surface area contributed by atoms with Crippen LogP contribution in [0.4, 0.5) is 14.5 Å². The number of nitrogens with one attached hydrogen (secondary N) is 2. The number of nitrogens with zero attached hydrogens (tertiary/aromatic N) is 1. The molecular formula is C21H15F2N3S. The van der Waals surface area contributed by atoms with Gasteiger partial charge in [0, 0.05) is 28.9 Å². The van der Waals surface area contributed by atoms with Crippen LogP contribution in [0.1, 0.15) is 0 Å². The summed E-state index contributed by atoms with van der Waals surface area (Å²) in [6, 6.07) is 18.8. The van der Waals surface area contributed by atoms with Crippen LogP contribution in [0, 0.1) is 11.6 Å². The molecule has 0 aliphatic heterocycles. The van der Waals surface area contributed by atoms with Gasteiger partial charge in [-0.25, -0.2) is 8.78 Å². The smallest absolute Gasteiger partial charge is 0.147 e. The van der Waals surface area contributed by atoms with Crippen LogP contribution in [-0.2, 0) is 0 Å². The molecule has 27 heavy (non-hydrogen) atoms. The zero-order chi connectivity index (χ0) is 18.6. The van der Waals surface area contributed by atoms with E-state index in [1.165, 1.54) is 24.1 Å². The van der Waals surface area contributed by atoms with Gasteiger partial charge in [-0.3, -0.25) is 4.98 Å². The van der Waals surface area contributed by atoms with Crippen molar-refractivity contribution in [2.75, 3.05) is 4.72 Å². The number of halogens is 2. The molecule has 134 valence electrons. The molecule has 4 aromatic rings. The molecule has 0 aliphatic rings. The van der Waals surface area contributed by atoms with Crippen molar-refractivity contribution in [2.45, 2.75) is 4.90 Å². The minimum atomic E-state index is -0.511. The lowest BCUT2D eigenvalue weighted by atomic mass is 10.0. The highest BCUT2D eigenvalue weighted by Crippen LogP contribution is 2.31. The maximum Gasteiger partial charge on any atom is 0.147 e. The molecular weight excluding hydrogens is 364 g/mol. The Morgan fingerprint density at radius 3 is 2.48 bits per heavy atom. The molecule has 0 fully saturated rings. The van der Waals surface area contributed by atoms with E-state index in [9.17, 15) is 8.78 Å². The van der Waals surface area contributed by atoms with Crippen LogP contribution in [0.2, 0.25) is 0 Å². The second-order valence-corrected chi connectivity index (χ2v) is 6.73. The second kappa shape index (κ2) is 7.63. The van der Waals surface area contributed by atoms with Crippen LogP contribution in [0.25, 0.3) is 22.5 Å². The molecule has 0 bridgehead atoms. The van der Waals surface area contributed by atoms with Gasteiger partial charge in [-0.15, -0.1) is 0 Å². The number of aromatic amines is 1. The Morgan fingerprint density at radius 2 is 1.70 bits per heavy atom. The molecule has 2 aromatic heterocycles. The van der Waals surface area contributed by atoms with Crippen LogP contribution in [0.5, 0.6) is 0 Å². The predicted molar refractivity (Wildman–Crippen MR) is 105 cm³/mol. The lowest BCUT2D eigenvalue weighted by Gasteiger charge is -2.09. The molecule has 2 aromatic carbocycles. The number of aromatic nitrogens is 2. The number of hydrogen-bond acceptors (Lipinski definition) is 3. The highest BCUT2D eigenvalue weighted by molar-refractivity contribution is 8.00. The van der Waals surface area contributed by atoms with E-state index >= 15 is 0 Å². The summed E-state index contributed by atoms with van der Waals surface area (Å²) < 4.78 is 31.7. The van der Waals surface area contributed by atoms with Gasteiger partial charge < -0.3 is 9.71 Å². The van der Waals surface area contributed by atoms with E-state index in [0.717, 1.165) is 16.3 Å². The molecule has 6 heteroatoms.